The lowest BCUT2D eigenvalue weighted by Crippen LogP contribution is -2.27. The number of nitrogen functional groups attached to an aromatic ring is 1. The minimum absolute atomic E-state index is 0.0311. The van der Waals surface area contributed by atoms with Crippen LogP contribution in [0.3, 0.4) is 0 Å². The maximum atomic E-state index is 13.4. The molecule has 0 unspecified atom stereocenters. The van der Waals surface area contributed by atoms with Crippen molar-refractivity contribution in [1.82, 2.24) is 24.8 Å². The number of nitrogens with one attached hydrogen (secondary N) is 2. The zero-order valence-electron chi connectivity index (χ0n) is 26.7. The van der Waals surface area contributed by atoms with E-state index in [0.717, 1.165) is 43.7 Å². The highest BCUT2D eigenvalue weighted by Crippen LogP contribution is 2.24. The van der Waals surface area contributed by atoms with Gasteiger partial charge in [-0.15, -0.1) is 11.6 Å². The molecule has 0 aliphatic heterocycles. The third kappa shape index (κ3) is 15.8. The Hall–Kier alpha value is -2.79. The Bertz CT molecular complexity index is 1360. The van der Waals surface area contributed by atoms with Crippen LogP contribution in [0.4, 0.5) is 10.3 Å². The van der Waals surface area contributed by atoms with Gasteiger partial charge in [0, 0.05) is 31.2 Å². The van der Waals surface area contributed by atoms with Crippen molar-refractivity contribution in [3.05, 3.63) is 46.0 Å². The summed E-state index contributed by atoms with van der Waals surface area (Å²) in [6, 6.07) is 6.01. The summed E-state index contributed by atoms with van der Waals surface area (Å²) >= 11 is 6.97. The third-order valence-electron chi connectivity index (χ3n) is 6.63. The molecule has 0 saturated heterocycles. The van der Waals surface area contributed by atoms with E-state index in [0.29, 0.717) is 89.1 Å². The van der Waals surface area contributed by atoms with Gasteiger partial charge in [-0.1, -0.05) is 36.7 Å². The second-order valence-corrected chi connectivity index (χ2v) is 11.8. The van der Waals surface area contributed by atoms with E-state index in [1.165, 1.54) is 23.9 Å². The fraction of sp³-hybridized carbons (Fsp3) is 0.613. The lowest BCUT2D eigenvalue weighted by atomic mass is 10.2. The van der Waals surface area contributed by atoms with Crippen LogP contribution in [0.25, 0.3) is 11.2 Å². The Labute approximate surface area is 283 Å². The molecule has 0 fully saturated rings. The molecule has 16 heteroatoms. The monoisotopic (exact) mass is 700 g/mol. The number of carbonyl (C=O) groups is 1. The molecule has 2 aromatic heterocycles. The molecule has 13 nitrogen and oxygen atoms in total. The number of nitrogens with two attached hydrogens (primary N) is 1. The minimum Gasteiger partial charge on any atom is -0.379 e. The van der Waals surface area contributed by atoms with Crippen molar-refractivity contribution in [2.24, 2.45) is 0 Å². The Morgan fingerprint density at radius 3 is 2.11 bits per heavy atom. The van der Waals surface area contributed by atoms with Gasteiger partial charge in [0.05, 0.1) is 66.0 Å². The molecule has 3 rings (SSSR count). The number of anilines is 1. The quantitative estimate of drug-likeness (QED) is 0.0607. The van der Waals surface area contributed by atoms with Gasteiger partial charge in [0.1, 0.15) is 5.82 Å². The molecule has 0 radical (unpaired) electrons. The molecule has 3 aromatic rings. The Balaban J connectivity index is 1.18. The standard InChI is InChI=1S/C31H46ClFN6O7S/c32-10-3-1-2-4-12-42-14-16-44-18-20-46-21-19-45-17-15-43-13-11-35-26(40)9-22-47-31-36-27-28(37-30(34)38-29(27)41)39(31)23-24-5-7-25(33)8-6-24/h5-8H,1-4,9-23H2,(H,35,40)(H3,34,37,38,41). The lowest BCUT2D eigenvalue weighted by Gasteiger charge is -2.09. The molecule has 47 heavy (non-hydrogen) atoms. The molecule has 4 N–H and O–H groups in total. The summed E-state index contributed by atoms with van der Waals surface area (Å²) in [4.78, 5) is 35.8. The number of hydrogen-bond donors (Lipinski definition) is 3. The van der Waals surface area contributed by atoms with Crippen molar-refractivity contribution in [2.75, 3.05) is 90.0 Å². The van der Waals surface area contributed by atoms with E-state index in [1.807, 2.05) is 0 Å². The van der Waals surface area contributed by atoms with Crippen LogP contribution < -0.4 is 16.6 Å². The summed E-state index contributed by atoms with van der Waals surface area (Å²) in [5, 5.41) is 3.33. The van der Waals surface area contributed by atoms with Gasteiger partial charge in [-0.05, 0) is 30.5 Å². The normalized spacial score (nSPS) is 11.4. The van der Waals surface area contributed by atoms with Crippen molar-refractivity contribution < 1.29 is 32.9 Å². The van der Waals surface area contributed by atoms with Gasteiger partial charge >= 0.3 is 0 Å². The molecule has 0 atom stereocenters. The van der Waals surface area contributed by atoms with Crippen LogP contribution in [0, 0.1) is 5.82 Å². The van der Waals surface area contributed by atoms with E-state index in [2.05, 4.69) is 20.3 Å². The van der Waals surface area contributed by atoms with Crippen molar-refractivity contribution >= 4 is 46.4 Å². The molecule has 0 bridgehead atoms. The minimum atomic E-state index is -0.456. The highest BCUT2D eigenvalue weighted by Gasteiger charge is 2.17. The van der Waals surface area contributed by atoms with Crippen LogP contribution in [-0.2, 0) is 35.0 Å². The first kappa shape index (κ1) is 38.7. The zero-order chi connectivity index (χ0) is 33.5. The van der Waals surface area contributed by atoms with Crippen LogP contribution >= 0.6 is 23.4 Å². The van der Waals surface area contributed by atoms with Crippen LogP contribution in [0.2, 0.25) is 0 Å². The highest BCUT2D eigenvalue weighted by atomic mass is 35.5. The van der Waals surface area contributed by atoms with Gasteiger partial charge in [-0.2, -0.15) is 4.98 Å². The average molecular weight is 701 g/mol. The van der Waals surface area contributed by atoms with Gasteiger partial charge in [0.2, 0.25) is 11.9 Å². The first-order valence-corrected chi connectivity index (χ1v) is 17.3. The number of alkyl halides is 1. The van der Waals surface area contributed by atoms with Crippen LogP contribution in [0.15, 0.2) is 34.2 Å². The van der Waals surface area contributed by atoms with Gasteiger partial charge in [0.15, 0.2) is 16.3 Å². The predicted molar refractivity (Wildman–Crippen MR) is 180 cm³/mol. The fourth-order valence-corrected chi connectivity index (χ4v) is 5.37. The van der Waals surface area contributed by atoms with E-state index in [9.17, 15) is 14.0 Å². The number of fused-ring (bicyclic) bond motifs is 1. The number of ether oxygens (including phenoxy) is 5. The second kappa shape index (κ2) is 23.5. The smallest absolute Gasteiger partial charge is 0.280 e. The molecule has 0 aliphatic carbocycles. The highest BCUT2D eigenvalue weighted by molar-refractivity contribution is 7.99. The van der Waals surface area contributed by atoms with Crippen molar-refractivity contribution in [3.8, 4) is 0 Å². The molecule has 0 aliphatic rings. The number of hydrogen-bond acceptors (Lipinski definition) is 11. The Morgan fingerprint density at radius 1 is 0.872 bits per heavy atom. The van der Waals surface area contributed by atoms with Crippen molar-refractivity contribution in [3.63, 3.8) is 0 Å². The molecule has 0 saturated carbocycles. The Kier molecular flexibility index (Phi) is 19.3. The number of rotatable bonds is 27. The first-order chi connectivity index (χ1) is 23.0. The summed E-state index contributed by atoms with van der Waals surface area (Å²) in [6.07, 6.45) is 4.65. The third-order valence-corrected chi connectivity index (χ3v) is 7.88. The number of imidazole rings is 1. The van der Waals surface area contributed by atoms with Crippen LogP contribution in [0.1, 0.15) is 37.7 Å². The SMILES string of the molecule is Nc1nc2c(nc(SCCC(=O)NCCOCCOCCOCCOCCOCCCCCCCl)n2Cc2ccc(F)cc2)c(=O)[nH]1. The molecular formula is C31H46ClFN6O7S. The van der Waals surface area contributed by atoms with Crippen molar-refractivity contribution in [2.45, 2.75) is 43.8 Å². The molecule has 262 valence electrons. The van der Waals surface area contributed by atoms with E-state index in [4.69, 9.17) is 41.0 Å². The Morgan fingerprint density at radius 2 is 1.47 bits per heavy atom. The van der Waals surface area contributed by atoms with Gasteiger partial charge in [-0.3, -0.25) is 19.1 Å². The maximum Gasteiger partial charge on any atom is 0.280 e. The number of aromatic amines is 1. The summed E-state index contributed by atoms with van der Waals surface area (Å²) < 4.78 is 42.6. The molecule has 1 aromatic carbocycles. The lowest BCUT2D eigenvalue weighted by molar-refractivity contribution is -0.120. The summed E-state index contributed by atoms with van der Waals surface area (Å²) in [6.45, 7) is 5.71. The number of amides is 1. The van der Waals surface area contributed by atoms with Crippen molar-refractivity contribution in [1.29, 1.82) is 0 Å². The van der Waals surface area contributed by atoms with E-state index < -0.39 is 5.56 Å². The number of benzene rings is 1. The van der Waals surface area contributed by atoms with E-state index in [1.54, 1.807) is 16.7 Å². The molecule has 0 spiro atoms. The first-order valence-electron chi connectivity index (χ1n) is 15.8. The average Bonchev–Trinajstić information content (AvgIpc) is 3.39. The number of carbonyl (C=O) groups excluding carboxylic acids is 1. The van der Waals surface area contributed by atoms with Gasteiger partial charge in [0.25, 0.3) is 5.56 Å². The number of aromatic nitrogens is 4. The van der Waals surface area contributed by atoms with Gasteiger partial charge < -0.3 is 34.7 Å². The molecule has 1 amide bonds. The predicted octanol–water partition coefficient (Wildman–Crippen LogP) is 3.37. The second-order valence-electron chi connectivity index (χ2n) is 10.3. The fourth-order valence-electron chi connectivity index (χ4n) is 4.25. The summed E-state index contributed by atoms with van der Waals surface area (Å²) in [5.41, 5.74) is 6.55. The van der Waals surface area contributed by atoms with E-state index in [-0.39, 0.29) is 29.6 Å². The number of unbranched alkanes of at least 4 members (excludes halogenated alkanes) is 3. The largest absolute Gasteiger partial charge is 0.379 e. The molecule has 2 heterocycles. The van der Waals surface area contributed by atoms with Crippen LogP contribution in [0.5, 0.6) is 0 Å². The number of thioether (sulfide) groups is 1. The maximum absolute atomic E-state index is 13.4. The topological polar surface area (TPSA) is 165 Å². The van der Waals surface area contributed by atoms with Gasteiger partial charge in [-0.25, -0.2) is 9.37 Å². The summed E-state index contributed by atoms with van der Waals surface area (Å²) in [5.74, 6) is 0.626. The number of nitrogens with zero attached hydrogens (tertiary/aromatic N) is 3. The van der Waals surface area contributed by atoms with Crippen LogP contribution in [-0.4, -0.2) is 110 Å². The zero-order valence-corrected chi connectivity index (χ0v) is 28.3. The number of H-pyrrole nitrogens is 1. The molecular weight excluding hydrogens is 655 g/mol. The van der Waals surface area contributed by atoms with E-state index >= 15 is 0 Å². The number of halogens is 2. The summed E-state index contributed by atoms with van der Waals surface area (Å²) in [7, 11) is 0.